The van der Waals surface area contributed by atoms with Crippen LogP contribution in [0.15, 0.2) is 65.0 Å². The Morgan fingerprint density at radius 1 is 1.17 bits per heavy atom. The first-order chi connectivity index (χ1) is 11.7. The smallest absolute Gasteiger partial charge is 0.271 e. The lowest BCUT2D eigenvalue weighted by atomic mass is 10.1. The van der Waals surface area contributed by atoms with E-state index in [1.165, 1.54) is 21.9 Å². The molecule has 0 aliphatic carbocycles. The van der Waals surface area contributed by atoms with E-state index in [2.05, 4.69) is 10.3 Å². The Bertz CT molecular complexity index is 1110. The normalized spacial score (nSPS) is 11.0. The number of thiazole rings is 1. The minimum atomic E-state index is -0.416. The van der Waals surface area contributed by atoms with Gasteiger partial charge in [0.1, 0.15) is 5.56 Å². The zero-order valence-electron chi connectivity index (χ0n) is 12.6. The molecule has 2 aromatic heterocycles. The number of aromatic nitrogens is 2. The summed E-state index contributed by atoms with van der Waals surface area (Å²) in [6, 6.07) is 14.1. The van der Waals surface area contributed by atoms with Crippen LogP contribution in [-0.2, 0) is 6.54 Å². The highest BCUT2D eigenvalue weighted by Crippen LogP contribution is 2.15. The average molecular weight is 335 g/mol. The van der Waals surface area contributed by atoms with Crippen LogP contribution in [0.1, 0.15) is 15.9 Å². The van der Waals surface area contributed by atoms with Crippen molar-refractivity contribution >= 4 is 33.0 Å². The molecule has 1 amide bonds. The molecule has 4 aromatic rings. The van der Waals surface area contributed by atoms with E-state index in [4.69, 9.17) is 0 Å². The van der Waals surface area contributed by atoms with Gasteiger partial charge in [0.2, 0.25) is 0 Å². The van der Waals surface area contributed by atoms with Crippen molar-refractivity contribution in [2.75, 3.05) is 0 Å². The second-order valence-electron chi connectivity index (χ2n) is 5.40. The predicted octanol–water partition coefficient (Wildman–Crippen LogP) is 2.84. The average Bonchev–Trinajstić information content (AvgIpc) is 3.09. The van der Waals surface area contributed by atoms with Crippen molar-refractivity contribution in [1.82, 2.24) is 14.7 Å². The number of rotatable bonds is 3. The van der Waals surface area contributed by atoms with E-state index in [0.29, 0.717) is 11.5 Å². The van der Waals surface area contributed by atoms with E-state index in [0.717, 1.165) is 16.3 Å². The number of nitrogens with zero attached hydrogens (tertiary/aromatic N) is 2. The van der Waals surface area contributed by atoms with Crippen molar-refractivity contribution < 1.29 is 4.79 Å². The maximum atomic E-state index is 12.3. The number of nitrogens with one attached hydrogen (secondary N) is 1. The van der Waals surface area contributed by atoms with Crippen LogP contribution in [0.25, 0.3) is 15.7 Å². The van der Waals surface area contributed by atoms with Crippen LogP contribution in [0.5, 0.6) is 0 Å². The summed E-state index contributed by atoms with van der Waals surface area (Å²) in [5.74, 6) is -0.416. The molecule has 5 nitrogen and oxygen atoms in total. The molecular weight excluding hydrogens is 322 g/mol. The van der Waals surface area contributed by atoms with Crippen LogP contribution in [0, 0.1) is 0 Å². The summed E-state index contributed by atoms with van der Waals surface area (Å²) < 4.78 is 1.38. The second-order valence-corrected chi connectivity index (χ2v) is 6.27. The number of fused-ring (bicyclic) bond motifs is 2. The number of benzene rings is 2. The number of hydrogen-bond donors (Lipinski definition) is 1. The lowest BCUT2D eigenvalue weighted by Gasteiger charge is -2.06. The summed E-state index contributed by atoms with van der Waals surface area (Å²) >= 11 is 1.35. The molecule has 0 unspecified atom stereocenters. The zero-order chi connectivity index (χ0) is 16.5. The molecule has 0 radical (unpaired) electrons. The van der Waals surface area contributed by atoms with Crippen LogP contribution in [0.3, 0.4) is 0 Å². The fourth-order valence-corrected chi connectivity index (χ4v) is 3.28. The first-order valence-corrected chi connectivity index (χ1v) is 8.31. The van der Waals surface area contributed by atoms with Gasteiger partial charge < -0.3 is 5.32 Å². The Balaban J connectivity index is 1.56. The van der Waals surface area contributed by atoms with Gasteiger partial charge in [-0.3, -0.25) is 14.0 Å². The lowest BCUT2D eigenvalue weighted by molar-refractivity contribution is 0.0949. The summed E-state index contributed by atoms with van der Waals surface area (Å²) in [5.41, 5.74) is 0.677. The Kier molecular flexibility index (Phi) is 3.59. The molecule has 0 saturated carbocycles. The fraction of sp³-hybridized carbons (Fsp3) is 0.0556. The van der Waals surface area contributed by atoms with E-state index >= 15 is 0 Å². The van der Waals surface area contributed by atoms with Crippen LogP contribution < -0.4 is 10.9 Å². The Morgan fingerprint density at radius 2 is 2.00 bits per heavy atom. The number of carbonyl (C=O) groups excluding carboxylic acids is 1. The molecule has 0 spiro atoms. The van der Waals surface area contributed by atoms with Crippen molar-refractivity contribution in [2.45, 2.75) is 6.54 Å². The molecule has 6 heteroatoms. The van der Waals surface area contributed by atoms with Crippen molar-refractivity contribution in [3.05, 3.63) is 81.7 Å². The van der Waals surface area contributed by atoms with Crippen LogP contribution in [0.2, 0.25) is 0 Å². The van der Waals surface area contributed by atoms with E-state index in [1.807, 2.05) is 42.5 Å². The molecule has 24 heavy (non-hydrogen) atoms. The van der Waals surface area contributed by atoms with Gasteiger partial charge in [0.05, 0.1) is 0 Å². The van der Waals surface area contributed by atoms with Gasteiger partial charge in [0, 0.05) is 24.3 Å². The van der Waals surface area contributed by atoms with Gasteiger partial charge in [-0.15, -0.1) is 11.3 Å². The van der Waals surface area contributed by atoms with E-state index in [9.17, 15) is 9.59 Å². The molecule has 2 aromatic carbocycles. The molecule has 0 aliphatic heterocycles. The molecule has 1 N–H and O–H groups in total. The molecule has 4 rings (SSSR count). The largest absolute Gasteiger partial charge is 0.348 e. The Hall–Kier alpha value is -2.99. The van der Waals surface area contributed by atoms with Gasteiger partial charge in [-0.05, 0) is 22.4 Å². The molecule has 0 aliphatic rings. The lowest BCUT2D eigenvalue weighted by Crippen LogP contribution is -2.30. The van der Waals surface area contributed by atoms with Gasteiger partial charge in [0.15, 0.2) is 4.96 Å². The summed E-state index contributed by atoms with van der Waals surface area (Å²) in [5, 5.41) is 6.82. The maximum Gasteiger partial charge on any atom is 0.271 e. The molecule has 0 atom stereocenters. The highest BCUT2D eigenvalue weighted by atomic mass is 32.1. The van der Waals surface area contributed by atoms with Gasteiger partial charge in [-0.25, -0.2) is 4.98 Å². The van der Waals surface area contributed by atoms with Crippen molar-refractivity contribution in [3.63, 3.8) is 0 Å². The molecule has 0 bridgehead atoms. The van der Waals surface area contributed by atoms with Crippen molar-refractivity contribution in [2.24, 2.45) is 0 Å². The van der Waals surface area contributed by atoms with Gasteiger partial charge in [-0.2, -0.15) is 0 Å². The minimum absolute atomic E-state index is 0.0479. The third-order valence-electron chi connectivity index (χ3n) is 3.85. The molecular formula is C18H13N3O2S. The number of hydrogen-bond acceptors (Lipinski definition) is 4. The number of amides is 1. The summed E-state index contributed by atoms with van der Waals surface area (Å²) in [7, 11) is 0. The maximum absolute atomic E-state index is 12.3. The highest BCUT2D eigenvalue weighted by molar-refractivity contribution is 7.15. The van der Waals surface area contributed by atoms with Crippen molar-refractivity contribution in [3.8, 4) is 0 Å². The standard InChI is InChI=1S/C18H13N3O2S/c22-16(15-11-20-18-21(17(15)23)7-8-24-18)19-10-12-5-6-13-3-1-2-4-14(13)9-12/h1-9,11H,10H2,(H,19,22). The Morgan fingerprint density at radius 3 is 2.88 bits per heavy atom. The topological polar surface area (TPSA) is 63.5 Å². The van der Waals surface area contributed by atoms with Gasteiger partial charge in [-0.1, -0.05) is 36.4 Å². The zero-order valence-corrected chi connectivity index (χ0v) is 13.4. The van der Waals surface area contributed by atoms with Crippen molar-refractivity contribution in [1.29, 1.82) is 0 Å². The van der Waals surface area contributed by atoms with E-state index in [-0.39, 0.29) is 11.1 Å². The third-order valence-corrected chi connectivity index (χ3v) is 4.63. The SMILES string of the molecule is O=C(NCc1ccc2ccccc2c1)c1cnc2sccn2c1=O. The van der Waals surface area contributed by atoms with Crippen LogP contribution in [0.4, 0.5) is 0 Å². The van der Waals surface area contributed by atoms with Crippen LogP contribution in [-0.4, -0.2) is 15.3 Å². The van der Waals surface area contributed by atoms with E-state index < -0.39 is 5.91 Å². The number of carbonyl (C=O) groups is 1. The molecule has 0 saturated heterocycles. The summed E-state index contributed by atoms with van der Waals surface area (Å²) in [4.78, 5) is 29.3. The molecule has 118 valence electrons. The molecule has 2 heterocycles. The quantitative estimate of drug-likeness (QED) is 0.626. The second kappa shape index (κ2) is 5.90. The van der Waals surface area contributed by atoms with Crippen LogP contribution >= 0.6 is 11.3 Å². The predicted molar refractivity (Wildman–Crippen MR) is 94.5 cm³/mol. The molecule has 0 fully saturated rings. The van der Waals surface area contributed by atoms with Gasteiger partial charge >= 0.3 is 0 Å². The third kappa shape index (κ3) is 2.57. The Labute approximate surface area is 141 Å². The summed E-state index contributed by atoms with van der Waals surface area (Å²) in [6.07, 6.45) is 2.96. The van der Waals surface area contributed by atoms with E-state index in [1.54, 1.807) is 11.6 Å². The monoisotopic (exact) mass is 335 g/mol. The first-order valence-electron chi connectivity index (χ1n) is 7.43. The minimum Gasteiger partial charge on any atom is -0.348 e. The first kappa shape index (κ1) is 14.6. The highest BCUT2D eigenvalue weighted by Gasteiger charge is 2.13. The fourth-order valence-electron chi connectivity index (χ4n) is 2.61. The summed E-state index contributed by atoms with van der Waals surface area (Å²) in [6.45, 7) is 0.357. The van der Waals surface area contributed by atoms with Gasteiger partial charge in [0.25, 0.3) is 11.5 Å².